The van der Waals surface area contributed by atoms with Crippen LogP contribution in [0.25, 0.3) is 0 Å². The van der Waals surface area contributed by atoms with Crippen LogP contribution in [0.1, 0.15) is 6.92 Å². The molecule has 130 valence electrons. The summed E-state index contributed by atoms with van der Waals surface area (Å²) in [6.45, 7) is 33.5. The van der Waals surface area contributed by atoms with E-state index in [4.69, 9.17) is 0 Å². The molecule has 0 saturated carbocycles. The molecule has 0 aromatic carbocycles. The van der Waals surface area contributed by atoms with Crippen molar-refractivity contribution in [3.63, 3.8) is 0 Å². The summed E-state index contributed by atoms with van der Waals surface area (Å²) in [5.74, 6) is 0. The zero-order chi connectivity index (χ0) is 18.0. The Morgan fingerprint density at radius 3 is 0.818 bits per heavy atom. The van der Waals surface area contributed by atoms with Crippen LogP contribution in [0.2, 0.25) is 82.8 Å². The summed E-state index contributed by atoms with van der Waals surface area (Å²) < 4.78 is 17.6. The Bertz CT molecular complexity index is 412. The molecule has 0 unspecified atom stereocenters. The van der Waals surface area contributed by atoms with Gasteiger partial charge in [0.25, 0.3) is 0 Å². The molecule has 0 spiro atoms. The van der Waals surface area contributed by atoms with Gasteiger partial charge in [-0.15, -0.1) is 0 Å². The topological polar surface area (TPSA) is 0 Å². The molecular weight excluding hydrogens is 368 g/mol. The van der Waals surface area contributed by atoms with E-state index in [-0.39, 0.29) is 0 Å². The van der Waals surface area contributed by atoms with Gasteiger partial charge in [-0.2, -0.15) is 0 Å². The van der Waals surface area contributed by atoms with Gasteiger partial charge in [-0.3, -0.25) is 4.39 Å². The minimum atomic E-state index is -1.88. The molecule has 0 aliphatic carbocycles. The maximum Gasteiger partial charge on any atom is 0.0770 e. The average molecular weight is 407 g/mol. The smallest absolute Gasteiger partial charge is 0.0770 e. The SMILES string of the molecule is CC12[Si](C)(C)[Si](C)(C)C(F)([Si](C)(C)[Si]1(C)C)[Si](C)(C)[Si]2(C)C. The van der Waals surface area contributed by atoms with Crippen molar-refractivity contribution >= 4 is 45.5 Å². The minimum absolute atomic E-state index is 0.613. The van der Waals surface area contributed by atoms with Crippen LogP contribution in [0.3, 0.4) is 0 Å². The Labute approximate surface area is 144 Å². The van der Waals surface area contributed by atoms with Crippen LogP contribution >= 0.6 is 0 Å². The van der Waals surface area contributed by atoms with Crippen LogP contribution in [0.5, 0.6) is 0 Å². The van der Waals surface area contributed by atoms with E-state index in [1.807, 2.05) is 0 Å². The van der Waals surface area contributed by atoms with Gasteiger partial charge < -0.3 is 0 Å². The largest absolute Gasteiger partial charge is 0.256 e. The van der Waals surface area contributed by atoms with E-state index >= 15 is 4.39 Å². The molecule has 0 radical (unpaired) electrons. The van der Waals surface area contributed by atoms with Crippen molar-refractivity contribution in [1.29, 1.82) is 0 Å². The summed E-state index contributed by atoms with van der Waals surface area (Å²) in [4.78, 5) is 0. The predicted molar refractivity (Wildman–Crippen MR) is 117 cm³/mol. The maximum atomic E-state index is 17.6. The second-order valence-electron chi connectivity index (χ2n) is 11.5. The van der Waals surface area contributed by atoms with Gasteiger partial charge in [0.1, 0.15) is 0 Å². The maximum absolute atomic E-state index is 17.6. The summed E-state index contributed by atoms with van der Waals surface area (Å²) in [5.41, 5.74) is 0. The molecule has 2 bridgehead atoms. The standard InChI is InChI=1S/C15H39FSi6/c1-14-17(2,3)20(8,9)15(16,21(10,11)18(14,4)5)22(12,13)19(14,6)7/h1-13H3. The number of hydrogen-bond acceptors (Lipinski definition) is 0. The molecule has 22 heavy (non-hydrogen) atoms. The van der Waals surface area contributed by atoms with E-state index in [2.05, 4.69) is 85.5 Å². The first-order valence-electron chi connectivity index (χ1n) is 8.94. The third-order valence-electron chi connectivity index (χ3n) is 11.0. The fraction of sp³-hybridized carbons (Fsp3) is 1.00. The van der Waals surface area contributed by atoms with E-state index < -0.39 is 50.1 Å². The zero-order valence-corrected chi connectivity index (χ0v) is 23.4. The van der Waals surface area contributed by atoms with E-state index in [1.54, 1.807) is 0 Å². The van der Waals surface area contributed by atoms with Gasteiger partial charge in [-0.1, -0.05) is 89.8 Å². The Morgan fingerprint density at radius 1 is 0.455 bits per heavy atom. The third-order valence-corrected chi connectivity index (χ3v) is 100. The fourth-order valence-electron chi connectivity index (χ4n) is 7.85. The van der Waals surface area contributed by atoms with Crippen molar-refractivity contribution in [2.24, 2.45) is 0 Å². The quantitative estimate of drug-likeness (QED) is 0.455. The Kier molecular flexibility index (Phi) is 3.68. The lowest BCUT2D eigenvalue weighted by Gasteiger charge is -2.86. The molecule has 0 aromatic rings. The number of hydrogen-bond donors (Lipinski definition) is 0. The van der Waals surface area contributed by atoms with E-state index in [0.717, 1.165) is 0 Å². The molecule has 3 aliphatic heterocycles. The Balaban J connectivity index is 3.11. The van der Waals surface area contributed by atoms with Gasteiger partial charge in [0.05, 0.1) is 27.3 Å². The molecule has 0 atom stereocenters. The van der Waals surface area contributed by atoms with Gasteiger partial charge in [0.15, 0.2) is 0 Å². The van der Waals surface area contributed by atoms with Gasteiger partial charge in [0.2, 0.25) is 0 Å². The van der Waals surface area contributed by atoms with Crippen LogP contribution in [0, 0.1) is 0 Å². The first-order valence-corrected chi connectivity index (χ1v) is 29.9. The molecule has 3 heterocycles. The predicted octanol–water partition coefficient (Wildman–Crippen LogP) is 5.66. The van der Waals surface area contributed by atoms with Crippen molar-refractivity contribution in [3.8, 4) is 0 Å². The second kappa shape index (κ2) is 4.13. The van der Waals surface area contributed by atoms with Crippen molar-refractivity contribution < 1.29 is 4.39 Å². The second-order valence-corrected chi connectivity index (χ2v) is 61.6. The van der Waals surface area contributed by atoms with Gasteiger partial charge >= 0.3 is 0 Å². The highest BCUT2D eigenvalue weighted by atomic mass is 29.4. The molecule has 3 saturated heterocycles. The summed E-state index contributed by atoms with van der Waals surface area (Å²) in [6, 6.07) is 0. The molecule has 0 aromatic heterocycles. The van der Waals surface area contributed by atoms with Crippen molar-refractivity contribution in [3.05, 3.63) is 0 Å². The van der Waals surface area contributed by atoms with E-state index in [1.165, 1.54) is 0 Å². The molecule has 3 fully saturated rings. The Hall–Kier alpha value is 1.23. The van der Waals surface area contributed by atoms with Crippen LogP contribution in [-0.4, -0.2) is 50.1 Å². The third kappa shape index (κ3) is 1.29. The van der Waals surface area contributed by atoms with Crippen LogP contribution in [-0.2, 0) is 0 Å². The molecule has 7 heteroatoms. The lowest BCUT2D eigenvalue weighted by atomic mass is 10.9. The van der Waals surface area contributed by atoms with Crippen molar-refractivity contribution in [2.45, 2.75) is 94.3 Å². The number of alkyl halides is 1. The van der Waals surface area contributed by atoms with Crippen molar-refractivity contribution in [2.75, 3.05) is 0 Å². The van der Waals surface area contributed by atoms with Gasteiger partial charge in [0, 0.05) is 22.8 Å². The monoisotopic (exact) mass is 406 g/mol. The van der Waals surface area contributed by atoms with Crippen molar-refractivity contribution in [1.82, 2.24) is 0 Å². The Morgan fingerprint density at radius 2 is 0.636 bits per heavy atom. The highest BCUT2D eigenvalue weighted by Gasteiger charge is 2.92. The molecule has 3 aliphatic rings. The number of fused-ring (bicyclic) bond motifs is 3. The van der Waals surface area contributed by atoms with Gasteiger partial charge in [-0.25, -0.2) is 0 Å². The number of halogens is 1. The van der Waals surface area contributed by atoms with Gasteiger partial charge in [-0.05, 0) is 0 Å². The summed E-state index contributed by atoms with van der Waals surface area (Å²) in [6.07, 6.45) is 0. The highest BCUT2D eigenvalue weighted by molar-refractivity contribution is 7.77. The van der Waals surface area contributed by atoms with Crippen LogP contribution in [0.4, 0.5) is 4.39 Å². The normalized spacial score (nSPS) is 45.5. The summed E-state index contributed by atoms with van der Waals surface area (Å²) >= 11 is 0. The van der Waals surface area contributed by atoms with E-state index in [0.29, 0.717) is 4.28 Å². The lowest BCUT2D eigenvalue weighted by molar-refractivity contribution is 0.456. The fourth-order valence-corrected chi connectivity index (χ4v) is 145. The molecule has 0 nitrogen and oxygen atoms in total. The molecule has 0 amide bonds. The van der Waals surface area contributed by atoms with E-state index in [9.17, 15) is 0 Å². The first kappa shape index (κ1) is 19.6. The highest BCUT2D eigenvalue weighted by Crippen LogP contribution is 2.74. The molecule has 3 rings (SSSR count). The van der Waals surface area contributed by atoms with Crippen LogP contribution < -0.4 is 0 Å². The first-order chi connectivity index (χ1) is 9.25. The zero-order valence-electron chi connectivity index (χ0n) is 17.4. The van der Waals surface area contributed by atoms with Crippen LogP contribution in [0.15, 0.2) is 0 Å². The summed E-state index contributed by atoms with van der Waals surface area (Å²) in [7, 11) is -10.4. The lowest BCUT2D eigenvalue weighted by Crippen LogP contribution is -3.07. The summed E-state index contributed by atoms with van der Waals surface area (Å²) in [5, 5.41) is 0. The molecule has 0 N–H and O–H groups in total. The average Bonchev–Trinajstić information content (AvgIpc) is 2.32. The molecular formula is C15H39FSi6. The number of rotatable bonds is 0. The minimum Gasteiger partial charge on any atom is -0.256 e.